The van der Waals surface area contributed by atoms with Gasteiger partial charge in [-0.3, -0.25) is 0 Å². The van der Waals surface area contributed by atoms with Gasteiger partial charge in [-0.2, -0.15) is 0 Å². The molecule has 1 saturated carbocycles. The van der Waals surface area contributed by atoms with Crippen LogP contribution >= 0.6 is 0 Å². The van der Waals surface area contributed by atoms with Gasteiger partial charge in [-0.05, 0) is 44.2 Å². The van der Waals surface area contributed by atoms with Gasteiger partial charge >= 0.3 is 5.97 Å². The van der Waals surface area contributed by atoms with Crippen molar-refractivity contribution in [2.24, 2.45) is 0 Å². The molecule has 0 bridgehead atoms. The fraction of sp³-hybridized carbons (Fsp3) is 0.500. The van der Waals surface area contributed by atoms with E-state index < -0.39 is 5.67 Å². The number of benzene rings is 1. The van der Waals surface area contributed by atoms with E-state index in [9.17, 15) is 9.18 Å². The summed E-state index contributed by atoms with van der Waals surface area (Å²) in [4.78, 5) is 11.5. The summed E-state index contributed by atoms with van der Waals surface area (Å²) in [5, 5.41) is 0. The van der Waals surface area contributed by atoms with E-state index in [-0.39, 0.29) is 5.97 Å². The third-order valence-electron chi connectivity index (χ3n) is 3.26. The van der Waals surface area contributed by atoms with Crippen LogP contribution < -0.4 is 0 Å². The molecule has 0 radical (unpaired) electrons. The molecule has 1 aliphatic rings. The highest BCUT2D eigenvalue weighted by molar-refractivity contribution is 5.89. The van der Waals surface area contributed by atoms with E-state index in [1.165, 1.54) is 0 Å². The number of hydrogen-bond acceptors (Lipinski definition) is 2. The first kappa shape index (κ1) is 12.1. The molecule has 17 heavy (non-hydrogen) atoms. The van der Waals surface area contributed by atoms with Crippen LogP contribution in [0.1, 0.15) is 42.5 Å². The molecule has 2 rings (SSSR count). The topological polar surface area (TPSA) is 26.3 Å². The summed E-state index contributed by atoms with van der Waals surface area (Å²) >= 11 is 0. The lowest BCUT2D eigenvalue weighted by Crippen LogP contribution is -2.31. The van der Waals surface area contributed by atoms with Crippen molar-refractivity contribution in [1.82, 2.24) is 0 Å². The van der Waals surface area contributed by atoms with Crippen LogP contribution in [-0.2, 0) is 4.74 Å². The molecule has 0 spiro atoms. The minimum atomic E-state index is -0.973. The van der Waals surface area contributed by atoms with Crippen molar-refractivity contribution in [2.75, 3.05) is 6.61 Å². The van der Waals surface area contributed by atoms with E-state index in [0.29, 0.717) is 37.9 Å². The number of halogens is 1. The highest BCUT2D eigenvalue weighted by Gasteiger charge is 2.36. The summed E-state index contributed by atoms with van der Waals surface area (Å²) in [5.74, 6) is -0.327. The minimum Gasteiger partial charge on any atom is -0.462 e. The molecule has 2 nitrogen and oxygen atoms in total. The highest BCUT2D eigenvalue weighted by Crippen LogP contribution is 2.39. The van der Waals surface area contributed by atoms with E-state index in [2.05, 4.69) is 0 Å². The van der Waals surface area contributed by atoms with Gasteiger partial charge < -0.3 is 4.74 Å². The van der Waals surface area contributed by atoms with Crippen LogP contribution in [0.15, 0.2) is 30.3 Å². The van der Waals surface area contributed by atoms with Crippen LogP contribution in [-0.4, -0.2) is 18.2 Å². The van der Waals surface area contributed by atoms with Gasteiger partial charge in [0.1, 0.15) is 5.67 Å². The number of rotatable bonds is 5. The average molecular weight is 236 g/mol. The molecule has 0 heterocycles. The Kier molecular flexibility index (Phi) is 3.77. The van der Waals surface area contributed by atoms with E-state index in [1.807, 2.05) is 6.07 Å². The Morgan fingerprint density at radius 3 is 2.59 bits per heavy atom. The summed E-state index contributed by atoms with van der Waals surface area (Å²) in [6.45, 7) is 0.305. The molecule has 1 aromatic rings. The van der Waals surface area contributed by atoms with Crippen LogP contribution in [0, 0.1) is 0 Å². The van der Waals surface area contributed by atoms with Crippen molar-refractivity contribution in [3.63, 3.8) is 0 Å². The third-order valence-corrected chi connectivity index (χ3v) is 3.26. The Bertz CT molecular complexity index is 371. The summed E-state index contributed by atoms with van der Waals surface area (Å²) in [7, 11) is 0. The number of ether oxygens (including phenoxy) is 1. The van der Waals surface area contributed by atoms with Crippen LogP contribution in [0.5, 0.6) is 0 Å². The second-order valence-corrected chi connectivity index (χ2v) is 4.61. The van der Waals surface area contributed by atoms with Gasteiger partial charge in [0.2, 0.25) is 0 Å². The van der Waals surface area contributed by atoms with E-state index in [0.717, 1.165) is 6.42 Å². The maximum Gasteiger partial charge on any atom is 0.338 e. The Balaban J connectivity index is 1.67. The van der Waals surface area contributed by atoms with Gasteiger partial charge in [0, 0.05) is 0 Å². The standard InChI is InChI=1S/C14H17FO2/c15-14(8-4-9-14)10-5-11-17-13(16)12-6-2-1-3-7-12/h1-3,6-7H,4-5,8-11H2. The van der Waals surface area contributed by atoms with Gasteiger partial charge in [-0.1, -0.05) is 18.2 Å². The maximum absolute atomic E-state index is 13.6. The second-order valence-electron chi connectivity index (χ2n) is 4.61. The fourth-order valence-corrected chi connectivity index (χ4v) is 2.02. The predicted molar refractivity (Wildman–Crippen MR) is 63.6 cm³/mol. The minimum absolute atomic E-state index is 0.305. The van der Waals surface area contributed by atoms with E-state index in [4.69, 9.17) is 4.74 Å². The van der Waals surface area contributed by atoms with Crippen molar-refractivity contribution in [2.45, 2.75) is 37.8 Å². The third kappa shape index (κ3) is 3.29. The van der Waals surface area contributed by atoms with E-state index >= 15 is 0 Å². The number of alkyl halides is 1. The Morgan fingerprint density at radius 1 is 1.29 bits per heavy atom. The highest BCUT2D eigenvalue weighted by atomic mass is 19.1. The van der Waals surface area contributed by atoms with Gasteiger partial charge in [-0.25, -0.2) is 9.18 Å². The molecule has 92 valence electrons. The molecule has 1 fully saturated rings. The molecule has 0 amide bonds. The van der Waals surface area contributed by atoms with E-state index in [1.54, 1.807) is 24.3 Å². The lowest BCUT2D eigenvalue weighted by molar-refractivity contribution is 0.0317. The van der Waals surface area contributed by atoms with Crippen LogP contribution in [0.4, 0.5) is 4.39 Å². The number of hydrogen-bond donors (Lipinski definition) is 0. The van der Waals surface area contributed by atoms with Gasteiger partial charge in [0.15, 0.2) is 0 Å². The van der Waals surface area contributed by atoms with Crippen molar-refractivity contribution >= 4 is 5.97 Å². The second kappa shape index (κ2) is 5.30. The molecule has 0 saturated heterocycles. The molecule has 0 aliphatic heterocycles. The molecule has 1 aromatic carbocycles. The summed E-state index contributed by atoms with van der Waals surface area (Å²) in [6, 6.07) is 8.86. The Morgan fingerprint density at radius 2 is 2.00 bits per heavy atom. The SMILES string of the molecule is O=C(OCCCC1(F)CCC1)c1ccccc1. The molecular weight excluding hydrogens is 219 g/mol. The number of carbonyl (C=O) groups excluding carboxylic acids is 1. The van der Waals surface area contributed by atoms with Gasteiger partial charge in [0.05, 0.1) is 12.2 Å². The van der Waals surface area contributed by atoms with Crippen LogP contribution in [0.3, 0.4) is 0 Å². The van der Waals surface area contributed by atoms with Crippen molar-refractivity contribution in [1.29, 1.82) is 0 Å². The molecule has 1 aliphatic carbocycles. The van der Waals surface area contributed by atoms with Crippen molar-refractivity contribution in [3.8, 4) is 0 Å². The number of esters is 1. The molecular formula is C14H17FO2. The molecule has 3 heteroatoms. The summed E-state index contributed by atoms with van der Waals surface area (Å²) in [5.41, 5.74) is -0.426. The Hall–Kier alpha value is -1.38. The van der Waals surface area contributed by atoms with Crippen LogP contribution in [0.25, 0.3) is 0 Å². The molecule has 0 atom stereocenters. The van der Waals surface area contributed by atoms with Crippen molar-refractivity contribution in [3.05, 3.63) is 35.9 Å². The molecule has 0 N–H and O–H groups in total. The molecule has 0 unspecified atom stereocenters. The monoisotopic (exact) mass is 236 g/mol. The summed E-state index contributed by atoms with van der Waals surface area (Å²) in [6.07, 6.45) is 3.43. The normalized spacial score (nSPS) is 17.2. The first-order valence-corrected chi connectivity index (χ1v) is 6.11. The summed E-state index contributed by atoms with van der Waals surface area (Å²) < 4.78 is 18.7. The zero-order valence-electron chi connectivity index (χ0n) is 9.82. The van der Waals surface area contributed by atoms with Gasteiger partial charge in [-0.15, -0.1) is 0 Å². The largest absolute Gasteiger partial charge is 0.462 e. The average Bonchev–Trinajstić information content (AvgIpc) is 2.33. The predicted octanol–water partition coefficient (Wildman–Crippen LogP) is 3.52. The molecule has 0 aromatic heterocycles. The lowest BCUT2D eigenvalue weighted by atomic mass is 9.79. The van der Waals surface area contributed by atoms with Crippen LogP contribution in [0.2, 0.25) is 0 Å². The van der Waals surface area contributed by atoms with Crippen molar-refractivity contribution < 1.29 is 13.9 Å². The Labute approximate surface area is 101 Å². The smallest absolute Gasteiger partial charge is 0.338 e. The first-order chi connectivity index (χ1) is 8.20. The number of carbonyl (C=O) groups is 1. The first-order valence-electron chi connectivity index (χ1n) is 6.11. The zero-order valence-corrected chi connectivity index (χ0v) is 9.82. The lowest BCUT2D eigenvalue weighted by Gasteiger charge is -2.33. The quantitative estimate of drug-likeness (QED) is 0.577. The fourth-order valence-electron chi connectivity index (χ4n) is 2.02. The zero-order chi connectivity index (χ0) is 12.1. The maximum atomic E-state index is 13.6. The van der Waals surface area contributed by atoms with Gasteiger partial charge in [0.25, 0.3) is 0 Å².